The Hall–Kier alpha value is -0.957. The fourth-order valence-electron chi connectivity index (χ4n) is 2.76. The van der Waals surface area contributed by atoms with Gasteiger partial charge in [0.1, 0.15) is 0 Å². The van der Waals surface area contributed by atoms with Crippen molar-refractivity contribution in [3.05, 3.63) is 69.6 Å². The first-order chi connectivity index (χ1) is 9.92. The van der Waals surface area contributed by atoms with E-state index in [1.165, 1.54) is 16.8 Å². The van der Waals surface area contributed by atoms with E-state index in [9.17, 15) is 0 Å². The zero-order chi connectivity index (χ0) is 13.4. The fraction of sp³-hybridized carbons (Fsp3) is 0.125. The predicted molar refractivity (Wildman–Crippen MR) is 75.2 cm³/mol. The van der Waals surface area contributed by atoms with Crippen LogP contribution < -0.4 is 24.8 Å². The number of hydrogen-bond acceptors (Lipinski definition) is 2. The molecule has 1 aromatic carbocycles. The molecule has 0 saturated carbocycles. The summed E-state index contributed by atoms with van der Waals surface area (Å²) in [6.45, 7) is 0. The predicted octanol–water partition coefficient (Wildman–Crippen LogP) is -2.73. The van der Waals surface area contributed by atoms with E-state index in [0.29, 0.717) is 3.63 Å². The van der Waals surface area contributed by atoms with Gasteiger partial charge in [-0.2, -0.15) is 0 Å². The average molecular weight is 409 g/mol. The van der Waals surface area contributed by atoms with E-state index < -0.39 is 23.2 Å². The van der Waals surface area contributed by atoms with Gasteiger partial charge in [0.2, 0.25) is 0 Å². The van der Waals surface area contributed by atoms with E-state index in [0.717, 1.165) is 6.42 Å². The third-order valence-electron chi connectivity index (χ3n) is 3.72. The molecule has 0 spiro atoms. The van der Waals surface area contributed by atoms with Crippen molar-refractivity contribution < 1.29 is 48.0 Å². The number of rotatable bonds is 3. The molecule has 110 valence electrons. The van der Waals surface area contributed by atoms with Crippen molar-refractivity contribution in [3.8, 4) is 0 Å². The van der Waals surface area contributed by atoms with E-state index in [1.807, 2.05) is 12.7 Å². The molecule has 22 heavy (non-hydrogen) atoms. The van der Waals surface area contributed by atoms with Gasteiger partial charge in [-0.3, -0.25) is 0 Å². The van der Waals surface area contributed by atoms with E-state index in [1.54, 1.807) is 3.28 Å². The standard InChI is InChI=1S/C11H8N3.C5H5.2ClH.Zr/c1-2-4-10-6-11(5-9(10)3-1)14-7-12-13-8-14;1-2-4-5-3-1;;;/h1-8H;1-3H,4H2;2*1H;/q;;;;+2/p-2. The van der Waals surface area contributed by atoms with Gasteiger partial charge >= 0.3 is 129 Å². The number of allylic oxidation sites excluding steroid dienone is 5. The average Bonchev–Trinajstić information content (AvgIpc) is 3.19. The molecule has 1 heterocycles. The number of nitrogens with zero attached hydrogens (tertiary/aromatic N) is 3. The molecule has 0 saturated heterocycles. The monoisotopic (exact) mass is 407 g/mol. The van der Waals surface area contributed by atoms with Crippen LogP contribution in [0.5, 0.6) is 0 Å². The molecule has 0 aliphatic heterocycles. The second kappa shape index (κ2) is 7.54. The van der Waals surface area contributed by atoms with Gasteiger partial charge in [0, 0.05) is 0 Å². The summed E-state index contributed by atoms with van der Waals surface area (Å²) >= 11 is -0.679. The second-order valence-corrected chi connectivity index (χ2v) is 8.68. The minimum Gasteiger partial charge on any atom is -1.00 e. The SMILES string of the molecule is C1=CC[C]([Zr+2][CH]2C(n3cnnc3)=Cc3ccccc32)=C1.[Cl-].[Cl-]. The Morgan fingerprint density at radius 1 is 1.09 bits per heavy atom. The van der Waals surface area contributed by atoms with Crippen LogP contribution in [0.4, 0.5) is 0 Å². The Bertz CT molecular complexity index is 736. The third kappa shape index (κ3) is 3.20. The van der Waals surface area contributed by atoms with Crippen LogP contribution in [0.1, 0.15) is 21.2 Å². The van der Waals surface area contributed by atoms with Crippen LogP contribution in [0.2, 0.25) is 0 Å². The summed E-state index contributed by atoms with van der Waals surface area (Å²) < 4.78 is 4.31. The Labute approximate surface area is 153 Å². The zero-order valence-electron chi connectivity index (χ0n) is 11.7. The third-order valence-corrected chi connectivity index (χ3v) is 7.75. The molecular weight excluding hydrogens is 396 g/mol. The van der Waals surface area contributed by atoms with Crippen LogP contribution in [0, 0.1) is 0 Å². The molecule has 0 radical (unpaired) electrons. The van der Waals surface area contributed by atoms with Crippen molar-refractivity contribution in [3.63, 3.8) is 0 Å². The Morgan fingerprint density at radius 3 is 2.59 bits per heavy atom. The number of benzene rings is 1. The van der Waals surface area contributed by atoms with Crippen LogP contribution in [0.3, 0.4) is 0 Å². The largest absolute Gasteiger partial charge is 1.00 e. The van der Waals surface area contributed by atoms with E-state index >= 15 is 0 Å². The van der Waals surface area contributed by atoms with Crippen LogP contribution in [0.25, 0.3) is 11.8 Å². The molecule has 0 N–H and O–H groups in total. The van der Waals surface area contributed by atoms with Crippen molar-refractivity contribution in [2.45, 2.75) is 10.0 Å². The number of fused-ring (bicyclic) bond motifs is 1. The summed E-state index contributed by atoms with van der Waals surface area (Å²) in [5.74, 6) is 0. The molecule has 2 aromatic rings. The summed E-state index contributed by atoms with van der Waals surface area (Å²) in [5.41, 5.74) is 4.18. The molecule has 0 amide bonds. The summed E-state index contributed by atoms with van der Waals surface area (Å²) in [4.78, 5) is 0. The minimum atomic E-state index is -0.679. The van der Waals surface area contributed by atoms with Gasteiger partial charge in [-0.1, -0.05) is 0 Å². The second-order valence-electron chi connectivity index (χ2n) is 4.97. The van der Waals surface area contributed by atoms with E-state index in [2.05, 4.69) is 63.3 Å². The maximum Gasteiger partial charge on any atom is -1.00 e. The van der Waals surface area contributed by atoms with Gasteiger partial charge < -0.3 is 24.8 Å². The number of hydrogen-bond donors (Lipinski definition) is 0. The molecule has 1 unspecified atom stereocenters. The van der Waals surface area contributed by atoms with Crippen molar-refractivity contribution >= 4 is 11.8 Å². The first-order valence-electron chi connectivity index (χ1n) is 6.69. The van der Waals surface area contributed by atoms with Crippen LogP contribution >= 0.6 is 0 Å². The first kappa shape index (κ1) is 17.4. The molecule has 0 bridgehead atoms. The topological polar surface area (TPSA) is 30.7 Å². The fourth-order valence-corrected chi connectivity index (χ4v) is 6.68. The molecule has 1 atom stereocenters. The first-order valence-corrected chi connectivity index (χ1v) is 9.34. The van der Waals surface area contributed by atoms with Gasteiger partial charge in [-0.25, -0.2) is 0 Å². The van der Waals surface area contributed by atoms with Crippen LogP contribution in [-0.4, -0.2) is 14.8 Å². The molecule has 4 rings (SSSR count). The maximum absolute atomic E-state index is 3.96. The normalized spacial score (nSPS) is 17.7. The summed E-state index contributed by atoms with van der Waals surface area (Å²) in [5, 5.41) is 7.92. The molecule has 2 aliphatic carbocycles. The van der Waals surface area contributed by atoms with Gasteiger partial charge in [0.25, 0.3) is 0 Å². The Morgan fingerprint density at radius 2 is 1.86 bits per heavy atom. The molecule has 3 nitrogen and oxygen atoms in total. The van der Waals surface area contributed by atoms with Crippen molar-refractivity contribution in [1.82, 2.24) is 14.8 Å². The molecule has 6 heteroatoms. The molecular formula is C16H13Cl2N3Zr. The van der Waals surface area contributed by atoms with E-state index in [-0.39, 0.29) is 24.8 Å². The van der Waals surface area contributed by atoms with Crippen molar-refractivity contribution in [2.75, 3.05) is 0 Å². The quantitative estimate of drug-likeness (QED) is 0.551. The number of aromatic nitrogens is 3. The van der Waals surface area contributed by atoms with E-state index in [4.69, 9.17) is 0 Å². The molecule has 2 aliphatic rings. The Balaban J connectivity index is 0.000000882. The zero-order valence-corrected chi connectivity index (χ0v) is 15.6. The van der Waals surface area contributed by atoms with Gasteiger partial charge in [-0.05, 0) is 0 Å². The minimum absolute atomic E-state index is 0. The Kier molecular flexibility index (Phi) is 5.96. The van der Waals surface area contributed by atoms with Gasteiger partial charge in [0.15, 0.2) is 0 Å². The molecule has 1 aromatic heterocycles. The maximum atomic E-state index is 3.96. The summed E-state index contributed by atoms with van der Waals surface area (Å²) in [6.07, 6.45) is 13.8. The summed E-state index contributed by atoms with van der Waals surface area (Å²) in [6, 6.07) is 8.75. The van der Waals surface area contributed by atoms with Crippen LogP contribution in [0.15, 0.2) is 58.4 Å². The summed E-state index contributed by atoms with van der Waals surface area (Å²) in [7, 11) is 0. The smallest absolute Gasteiger partial charge is 1.00 e. The van der Waals surface area contributed by atoms with Crippen molar-refractivity contribution in [1.29, 1.82) is 0 Å². The van der Waals surface area contributed by atoms with Crippen molar-refractivity contribution in [2.24, 2.45) is 0 Å². The number of halogens is 2. The van der Waals surface area contributed by atoms with Gasteiger partial charge in [0.05, 0.1) is 0 Å². The van der Waals surface area contributed by atoms with Crippen LogP contribution in [-0.2, 0) is 23.2 Å². The molecule has 0 fully saturated rings. The van der Waals surface area contributed by atoms with Gasteiger partial charge in [-0.15, -0.1) is 0 Å².